The van der Waals surface area contributed by atoms with E-state index in [1.54, 1.807) is 24.3 Å². The minimum absolute atomic E-state index is 0.232. The van der Waals surface area contributed by atoms with Gasteiger partial charge in [-0.25, -0.2) is 8.78 Å². The monoisotopic (exact) mass is 289 g/mol. The van der Waals surface area contributed by atoms with E-state index in [0.717, 1.165) is 5.56 Å². The lowest BCUT2D eigenvalue weighted by molar-refractivity contribution is 0.602. The zero-order valence-corrected chi connectivity index (χ0v) is 11.5. The normalized spacial score (nSPS) is 9.95. The van der Waals surface area contributed by atoms with Gasteiger partial charge in [0, 0.05) is 16.2 Å². The van der Waals surface area contributed by atoms with Crippen LogP contribution in [0, 0.1) is 23.5 Å². The van der Waals surface area contributed by atoms with Crippen molar-refractivity contribution in [3.05, 3.63) is 65.2 Å². The number of nitrogens with two attached hydrogens (primary N) is 1. The van der Waals surface area contributed by atoms with Crippen molar-refractivity contribution in [2.45, 2.75) is 10.6 Å². The summed E-state index contributed by atoms with van der Waals surface area (Å²) in [5.74, 6) is 5.35. The van der Waals surface area contributed by atoms with Crippen LogP contribution in [0.5, 0.6) is 0 Å². The molecule has 0 aliphatic rings. The van der Waals surface area contributed by atoms with Crippen LogP contribution in [0.25, 0.3) is 0 Å². The van der Waals surface area contributed by atoms with Gasteiger partial charge in [0.1, 0.15) is 11.6 Å². The van der Waals surface area contributed by atoms with Crippen molar-refractivity contribution >= 4 is 11.8 Å². The van der Waals surface area contributed by atoms with Crippen molar-refractivity contribution in [1.82, 2.24) is 0 Å². The van der Waals surface area contributed by atoms with Gasteiger partial charge < -0.3 is 5.73 Å². The molecule has 20 heavy (non-hydrogen) atoms. The van der Waals surface area contributed by atoms with E-state index in [1.165, 1.54) is 30.0 Å². The molecule has 4 heteroatoms. The van der Waals surface area contributed by atoms with Gasteiger partial charge in [-0.15, -0.1) is 11.8 Å². The number of halogens is 2. The fourth-order valence-electron chi connectivity index (χ4n) is 1.68. The molecular weight excluding hydrogens is 276 g/mol. The Labute approximate surface area is 121 Å². The molecule has 0 saturated heterocycles. The van der Waals surface area contributed by atoms with E-state index >= 15 is 0 Å². The third kappa shape index (κ3) is 4.09. The van der Waals surface area contributed by atoms with E-state index < -0.39 is 0 Å². The minimum atomic E-state index is -0.349. The molecule has 0 atom stereocenters. The quantitative estimate of drug-likeness (QED) is 0.690. The van der Waals surface area contributed by atoms with E-state index in [0.29, 0.717) is 16.2 Å². The molecule has 0 fully saturated rings. The first-order valence-corrected chi connectivity index (χ1v) is 7.03. The number of hydrogen-bond acceptors (Lipinski definition) is 2. The van der Waals surface area contributed by atoms with Gasteiger partial charge in [-0.1, -0.05) is 24.0 Å². The van der Waals surface area contributed by atoms with E-state index in [9.17, 15) is 8.78 Å². The van der Waals surface area contributed by atoms with Gasteiger partial charge in [-0.3, -0.25) is 0 Å². The lowest BCUT2D eigenvalue weighted by atomic mass is 10.1. The Morgan fingerprint density at radius 3 is 2.65 bits per heavy atom. The second-order valence-electron chi connectivity index (χ2n) is 4.07. The summed E-state index contributed by atoms with van der Waals surface area (Å²) in [5.41, 5.74) is 6.64. The molecule has 0 bridgehead atoms. The van der Waals surface area contributed by atoms with Gasteiger partial charge in [-0.2, -0.15) is 0 Å². The third-order valence-electron chi connectivity index (χ3n) is 2.52. The second-order valence-corrected chi connectivity index (χ2v) is 5.09. The third-order valence-corrected chi connectivity index (χ3v) is 3.64. The first kappa shape index (κ1) is 14.6. The highest BCUT2D eigenvalue weighted by atomic mass is 32.2. The Kier molecular flexibility index (Phi) is 5.16. The van der Waals surface area contributed by atoms with E-state index in [1.807, 2.05) is 0 Å². The molecule has 2 rings (SSSR count). The van der Waals surface area contributed by atoms with Gasteiger partial charge in [0.15, 0.2) is 0 Å². The van der Waals surface area contributed by atoms with Crippen molar-refractivity contribution in [3.63, 3.8) is 0 Å². The largest absolute Gasteiger partial charge is 0.320 e. The summed E-state index contributed by atoms with van der Waals surface area (Å²) < 4.78 is 27.0. The fourth-order valence-corrected chi connectivity index (χ4v) is 2.55. The predicted molar refractivity (Wildman–Crippen MR) is 78.3 cm³/mol. The Morgan fingerprint density at radius 2 is 1.90 bits per heavy atom. The van der Waals surface area contributed by atoms with Crippen LogP contribution >= 0.6 is 11.8 Å². The number of benzene rings is 2. The van der Waals surface area contributed by atoms with Crippen LogP contribution in [0.1, 0.15) is 11.1 Å². The molecule has 2 N–H and O–H groups in total. The molecule has 1 nitrogen and oxygen atoms in total. The summed E-state index contributed by atoms with van der Waals surface area (Å²) in [6.45, 7) is 0.232. The van der Waals surface area contributed by atoms with Crippen molar-refractivity contribution in [3.8, 4) is 11.8 Å². The number of thioether (sulfide) groups is 1. The van der Waals surface area contributed by atoms with Crippen molar-refractivity contribution in [2.24, 2.45) is 5.73 Å². The zero-order valence-electron chi connectivity index (χ0n) is 10.7. The smallest absolute Gasteiger partial charge is 0.136 e. The van der Waals surface area contributed by atoms with Crippen LogP contribution in [-0.2, 0) is 5.75 Å². The van der Waals surface area contributed by atoms with Crippen LogP contribution in [0.2, 0.25) is 0 Å². The van der Waals surface area contributed by atoms with Gasteiger partial charge in [-0.05, 0) is 35.9 Å². The summed E-state index contributed by atoms with van der Waals surface area (Å²) in [6, 6.07) is 11.1. The summed E-state index contributed by atoms with van der Waals surface area (Å²) in [6.07, 6.45) is 0. The molecule has 0 heterocycles. The summed E-state index contributed by atoms with van der Waals surface area (Å²) in [5, 5.41) is 0. The lowest BCUT2D eigenvalue weighted by Gasteiger charge is -2.04. The molecule has 2 aromatic carbocycles. The molecule has 102 valence electrons. The highest BCUT2D eigenvalue weighted by Crippen LogP contribution is 2.25. The van der Waals surface area contributed by atoms with Crippen molar-refractivity contribution in [1.29, 1.82) is 0 Å². The maximum absolute atomic E-state index is 13.5. The van der Waals surface area contributed by atoms with Gasteiger partial charge in [0.05, 0.1) is 6.54 Å². The van der Waals surface area contributed by atoms with Gasteiger partial charge in [0.2, 0.25) is 0 Å². The Bertz CT molecular complexity index is 659. The van der Waals surface area contributed by atoms with Crippen LogP contribution in [-0.4, -0.2) is 6.54 Å². The van der Waals surface area contributed by atoms with E-state index in [4.69, 9.17) is 5.73 Å². The molecule has 0 aliphatic carbocycles. The molecule has 0 spiro atoms. The summed E-state index contributed by atoms with van der Waals surface area (Å²) in [4.78, 5) is 0.548. The first-order valence-electron chi connectivity index (χ1n) is 6.05. The number of rotatable bonds is 3. The zero-order chi connectivity index (χ0) is 14.4. The molecule has 0 aliphatic heterocycles. The Hall–Kier alpha value is -1.83. The molecule has 0 saturated carbocycles. The average Bonchev–Trinajstić information content (AvgIpc) is 2.44. The molecule has 0 amide bonds. The second kappa shape index (κ2) is 7.09. The standard InChI is InChI=1S/C16H13F2NS/c17-14-9-12(4-3-7-19)8-13(10-14)11-20-16-6-2-1-5-15(16)18/h1-2,5-6,8-10H,7,11,19H2. The predicted octanol–water partition coefficient (Wildman–Crippen LogP) is 3.57. The highest BCUT2D eigenvalue weighted by molar-refractivity contribution is 7.98. The SMILES string of the molecule is NCC#Cc1cc(F)cc(CSc2ccccc2F)c1. The lowest BCUT2D eigenvalue weighted by Crippen LogP contribution is -1.93. The maximum Gasteiger partial charge on any atom is 0.136 e. The first-order chi connectivity index (χ1) is 9.69. The summed E-state index contributed by atoms with van der Waals surface area (Å²) >= 11 is 1.33. The number of hydrogen-bond donors (Lipinski definition) is 1. The van der Waals surface area contributed by atoms with Crippen molar-refractivity contribution < 1.29 is 8.78 Å². The van der Waals surface area contributed by atoms with Crippen molar-refractivity contribution in [2.75, 3.05) is 6.54 Å². The highest BCUT2D eigenvalue weighted by Gasteiger charge is 2.04. The van der Waals surface area contributed by atoms with Crippen LogP contribution < -0.4 is 5.73 Å². The molecule has 0 unspecified atom stereocenters. The fraction of sp³-hybridized carbons (Fsp3) is 0.125. The summed E-state index contributed by atoms with van der Waals surface area (Å²) in [7, 11) is 0. The molecule has 0 radical (unpaired) electrons. The van der Waals surface area contributed by atoms with Crippen LogP contribution in [0.3, 0.4) is 0 Å². The molecule has 2 aromatic rings. The Morgan fingerprint density at radius 1 is 1.10 bits per heavy atom. The van der Waals surface area contributed by atoms with Gasteiger partial charge >= 0.3 is 0 Å². The van der Waals surface area contributed by atoms with E-state index in [-0.39, 0.29) is 18.2 Å². The average molecular weight is 289 g/mol. The van der Waals surface area contributed by atoms with Crippen LogP contribution in [0.15, 0.2) is 47.4 Å². The minimum Gasteiger partial charge on any atom is -0.320 e. The Balaban J connectivity index is 2.13. The molecule has 0 aromatic heterocycles. The van der Waals surface area contributed by atoms with Crippen LogP contribution in [0.4, 0.5) is 8.78 Å². The molecular formula is C16H13F2NS. The van der Waals surface area contributed by atoms with Gasteiger partial charge in [0.25, 0.3) is 0 Å². The van der Waals surface area contributed by atoms with E-state index in [2.05, 4.69) is 11.8 Å². The topological polar surface area (TPSA) is 26.0 Å². The maximum atomic E-state index is 13.5.